The van der Waals surface area contributed by atoms with Gasteiger partial charge < -0.3 is 15.7 Å². The Kier molecular flexibility index (Phi) is 4.74. The van der Waals surface area contributed by atoms with Gasteiger partial charge in [0.1, 0.15) is 11.6 Å². The summed E-state index contributed by atoms with van der Waals surface area (Å²) in [6.07, 6.45) is 3.98. The molecule has 0 aromatic carbocycles. The Hall–Kier alpha value is -1.30. The average Bonchev–Trinajstić information content (AvgIpc) is 2.27. The maximum atomic E-state index is 8.63. The fourth-order valence-corrected chi connectivity index (χ4v) is 1.50. The maximum absolute atomic E-state index is 8.63. The standard InChI is InChI=1S/C11H16BrN3O2/c1-11(2,10(13)15-16)3-4-17-9-5-8(12)6-14-7-9/h5-7,16H,3-4H2,1-2H3,(H2,13,15). The molecule has 0 radical (unpaired) electrons. The number of ether oxygens (including phenoxy) is 1. The van der Waals surface area contributed by atoms with Gasteiger partial charge in [0.15, 0.2) is 0 Å². The van der Waals surface area contributed by atoms with Crippen LogP contribution in [0.4, 0.5) is 0 Å². The summed E-state index contributed by atoms with van der Waals surface area (Å²) in [5.74, 6) is 0.892. The molecule has 0 saturated carbocycles. The largest absolute Gasteiger partial charge is 0.492 e. The predicted molar refractivity (Wildman–Crippen MR) is 69.2 cm³/mol. The SMILES string of the molecule is CC(C)(CCOc1cncc(Br)c1)C(N)=NO. The van der Waals surface area contributed by atoms with E-state index in [9.17, 15) is 0 Å². The summed E-state index contributed by atoms with van der Waals surface area (Å²) in [6.45, 7) is 4.26. The third-order valence-corrected chi connectivity index (χ3v) is 2.91. The zero-order valence-electron chi connectivity index (χ0n) is 9.85. The predicted octanol–water partition coefficient (Wildman–Crippen LogP) is 2.39. The van der Waals surface area contributed by atoms with Gasteiger partial charge in [0.05, 0.1) is 12.8 Å². The Morgan fingerprint density at radius 3 is 2.88 bits per heavy atom. The Morgan fingerprint density at radius 2 is 2.29 bits per heavy atom. The van der Waals surface area contributed by atoms with Gasteiger partial charge in [-0.2, -0.15) is 0 Å². The Labute approximate surface area is 109 Å². The second kappa shape index (κ2) is 5.86. The van der Waals surface area contributed by atoms with Crippen LogP contribution in [0.25, 0.3) is 0 Å². The number of pyridine rings is 1. The van der Waals surface area contributed by atoms with Gasteiger partial charge in [-0.25, -0.2) is 0 Å². The highest BCUT2D eigenvalue weighted by Gasteiger charge is 2.23. The molecule has 1 heterocycles. The third kappa shape index (κ3) is 4.22. The van der Waals surface area contributed by atoms with Crippen molar-refractivity contribution in [1.29, 1.82) is 0 Å². The van der Waals surface area contributed by atoms with Crippen molar-refractivity contribution in [3.8, 4) is 5.75 Å². The summed E-state index contributed by atoms with van der Waals surface area (Å²) in [4.78, 5) is 3.99. The van der Waals surface area contributed by atoms with Gasteiger partial charge in [0.2, 0.25) is 0 Å². The lowest BCUT2D eigenvalue weighted by Crippen LogP contribution is -2.33. The Balaban J connectivity index is 2.48. The first-order valence-electron chi connectivity index (χ1n) is 5.17. The number of hydrogen-bond donors (Lipinski definition) is 2. The minimum absolute atomic E-state index is 0.202. The summed E-state index contributed by atoms with van der Waals surface area (Å²) in [5.41, 5.74) is 5.18. The van der Waals surface area contributed by atoms with E-state index in [-0.39, 0.29) is 5.84 Å². The van der Waals surface area contributed by atoms with Crippen molar-refractivity contribution in [2.45, 2.75) is 20.3 Å². The molecular formula is C11H16BrN3O2. The zero-order valence-corrected chi connectivity index (χ0v) is 11.4. The first-order chi connectivity index (χ1) is 7.95. The van der Waals surface area contributed by atoms with Crippen LogP contribution in [0.3, 0.4) is 0 Å². The number of hydrogen-bond acceptors (Lipinski definition) is 4. The number of oxime groups is 1. The van der Waals surface area contributed by atoms with Crippen molar-refractivity contribution in [3.05, 3.63) is 22.9 Å². The number of nitrogens with two attached hydrogens (primary N) is 1. The molecule has 0 atom stereocenters. The van der Waals surface area contributed by atoms with Crippen molar-refractivity contribution >= 4 is 21.8 Å². The number of nitrogens with zero attached hydrogens (tertiary/aromatic N) is 2. The summed E-state index contributed by atoms with van der Waals surface area (Å²) >= 11 is 3.31. The van der Waals surface area contributed by atoms with Crippen LogP contribution >= 0.6 is 15.9 Å². The Bertz CT molecular complexity index is 407. The quantitative estimate of drug-likeness (QED) is 0.379. The molecule has 3 N–H and O–H groups in total. The van der Waals surface area contributed by atoms with Crippen LogP contribution in [0.1, 0.15) is 20.3 Å². The smallest absolute Gasteiger partial charge is 0.144 e. The fourth-order valence-electron chi connectivity index (χ4n) is 1.16. The van der Waals surface area contributed by atoms with Crippen LogP contribution in [0.2, 0.25) is 0 Å². The molecule has 0 aliphatic carbocycles. The van der Waals surface area contributed by atoms with E-state index in [1.54, 1.807) is 12.4 Å². The van der Waals surface area contributed by atoms with E-state index < -0.39 is 5.41 Å². The summed E-state index contributed by atoms with van der Waals surface area (Å²) in [5, 5.41) is 11.6. The second-order valence-corrected chi connectivity index (χ2v) is 5.22. The normalized spacial score (nSPS) is 12.5. The molecule has 17 heavy (non-hydrogen) atoms. The zero-order chi connectivity index (χ0) is 12.9. The lowest BCUT2D eigenvalue weighted by atomic mass is 9.88. The highest BCUT2D eigenvalue weighted by Crippen LogP contribution is 2.22. The first kappa shape index (κ1) is 13.8. The molecule has 6 heteroatoms. The molecule has 94 valence electrons. The highest BCUT2D eigenvalue weighted by atomic mass is 79.9. The monoisotopic (exact) mass is 301 g/mol. The van der Waals surface area contributed by atoms with Gasteiger partial charge in [0.25, 0.3) is 0 Å². The van der Waals surface area contributed by atoms with E-state index in [1.807, 2.05) is 19.9 Å². The summed E-state index contributed by atoms with van der Waals surface area (Å²) < 4.78 is 6.40. The molecule has 5 nitrogen and oxygen atoms in total. The molecular weight excluding hydrogens is 286 g/mol. The number of amidine groups is 1. The molecule has 0 aliphatic heterocycles. The van der Waals surface area contributed by atoms with Crippen LogP contribution in [-0.4, -0.2) is 22.6 Å². The van der Waals surface area contributed by atoms with Crippen LogP contribution in [0.15, 0.2) is 28.1 Å². The third-order valence-electron chi connectivity index (χ3n) is 2.48. The van der Waals surface area contributed by atoms with Gasteiger partial charge in [-0.3, -0.25) is 4.98 Å². The maximum Gasteiger partial charge on any atom is 0.144 e. The Morgan fingerprint density at radius 1 is 1.59 bits per heavy atom. The van der Waals surface area contributed by atoms with E-state index in [2.05, 4.69) is 26.1 Å². The summed E-state index contributed by atoms with van der Waals surface area (Å²) in [6, 6.07) is 1.84. The minimum Gasteiger partial charge on any atom is -0.492 e. The molecule has 0 bridgehead atoms. The molecule has 1 aromatic rings. The average molecular weight is 302 g/mol. The number of aromatic nitrogens is 1. The van der Waals surface area contributed by atoms with Gasteiger partial charge >= 0.3 is 0 Å². The lowest BCUT2D eigenvalue weighted by Gasteiger charge is -2.22. The van der Waals surface area contributed by atoms with Gasteiger partial charge in [-0.15, -0.1) is 0 Å². The van der Waals surface area contributed by atoms with Crippen LogP contribution < -0.4 is 10.5 Å². The lowest BCUT2D eigenvalue weighted by molar-refractivity contribution is 0.259. The second-order valence-electron chi connectivity index (χ2n) is 4.31. The van der Waals surface area contributed by atoms with Crippen molar-refractivity contribution < 1.29 is 9.94 Å². The van der Waals surface area contributed by atoms with Crippen molar-refractivity contribution in [1.82, 2.24) is 4.98 Å². The highest BCUT2D eigenvalue weighted by molar-refractivity contribution is 9.10. The molecule has 0 saturated heterocycles. The topological polar surface area (TPSA) is 80.7 Å². The van der Waals surface area contributed by atoms with E-state index >= 15 is 0 Å². The van der Waals surface area contributed by atoms with Gasteiger partial charge in [-0.1, -0.05) is 19.0 Å². The van der Waals surface area contributed by atoms with Crippen LogP contribution in [-0.2, 0) is 0 Å². The van der Waals surface area contributed by atoms with Crippen molar-refractivity contribution in [2.24, 2.45) is 16.3 Å². The fraction of sp³-hybridized carbons (Fsp3) is 0.455. The van der Waals surface area contributed by atoms with Gasteiger partial charge in [0, 0.05) is 16.1 Å². The molecule has 1 rings (SSSR count). The van der Waals surface area contributed by atoms with Crippen LogP contribution in [0, 0.1) is 5.41 Å². The number of rotatable bonds is 5. The molecule has 0 aliphatic rings. The number of halogens is 1. The molecule has 0 fully saturated rings. The van der Waals surface area contributed by atoms with E-state index in [0.717, 1.165) is 4.47 Å². The van der Waals surface area contributed by atoms with Crippen molar-refractivity contribution in [2.75, 3.05) is 6.61 Å². The van der Waals surface area contributed by atoms with Crippen molar-refractivity contribution in [3.63, 3.8) is 0 Å². The summed E-state index contributed by atoms with van der Waals surface area (Å²) in [7, 11) is 0. The van der Waals surface area contributed by atoms with E-state index in [1.165, 1.54) is 0 Å². The van der Waals surface area contributed by atoms with E-state index in [0.29, 0.717) is 18.8 Å². The molecule has 0 unspecified atom stereocenters. The molecule has 0 amide bonds. The van der Waals surface area contributed by atoms with E-state index in [4.69, 9.17) is 15.7 Å². The van der Waals surface area contributed by atoms with Gasteiger partial charge in [-0.05, 0) is 28.4 Å². The molecule has 1 aromatic heterocycles. The molecule has 0 spiro atoms. The van der Waals surface area contributed by atoms with Crippen LogP contribution in [0.5, 0.6) is 5.75 Å². The minimum atomic E-state index is -0.395. The first-order valence-corrected chi connectivity index (χ1v) is 5.96.